The Morgan fingerprint density at radius 3 is 2.11 bits per heavy atom. The Bertz CT molecular complexity index is 333. The number of carbonyl (C=O) groups is 3. The molecule has 0 aliphatic carbocycles. The minimum Gasteiger partial charge on any atom is -0.481 e. The molecule has 1 aliphatic heterocycles. The van der Waals surface area contributed by atoms with Crippen molar-refractivity contribution in [2.45, 2.75) is 50.7 Å². The third kappa shape index (κ3) is 8.11. The molecule has 0 spiro atoms. The minimum absolute atomic E-state index is 0.0231. The molecule has 8 nitrogen and oxygen atoms in total. The molecule has 3 atom stereocenters. The van der Waals surface area contributed by atoms with Crippen molar-refractivity contribution >= 4 is 17.9 Å². The second kappa shape index (κ2) is 8.44. The minimum atomic E-state index is -1.17. The van der Waals surface area contributed by atoms with Gasteiger partial charge in [0.05, 0.1) is 0 Å². The van der Waals surface area contributed by atoms with Gasteiger partial charge in [0.15, 0.2) is 0 Å². The predicted octanol–water partition coefficient (Wildman–Crippen LogP) is -0.525. The summed E-state index contributed by atoms with van der Waals surface area (Å²) in [6.45, 7) is 2.00. The van der Waals surface area contributed by atoms with Crippen molar-refractivity contribution in [3.63, 3.8) is 0 Å². The summed E-state index contributed by atoms with van der Waals surface area (Å²) in [6.07, 6.45) is 1.53. The van der Waals surface area contributed by atoms with Gasteiger partial charge in [0.1, 0.15) is 12.1 Å². The van der Waals surface area contributed by atoms with E-state index in [9.17, 15) is 14.4 Å². The van der Waals surface area contributed by atoms with Gasteiger partial charge in [-0.3, -0.25) is 14.4 Å². The molecule has 110 valence electrons. The fraction of sp³-hybridized carbons (Fsp3) is 0.727. The number of carboxylic acid groups (broad SMARTS) is 3. The summed E-state index contributed by atoms with van der Waals surface area (Å²) in [5, 5.41) is 27.7. The van der Waals surface area contributed by atoms with Gasteiger partial charge in [-0.05, 0) is 26.2 Å². The van der Waals surface area contributed by atoms with E-state index in [1.54, 1.807) is 0 Å². The molecule has 0 amide bonds. The average Bonchev–Trinajstić information content (AvgIpc) is 2.73. The van der Waals surface area contributed by atoms with Crippen LogP contribution in [-0.2, 0) is 14.4 Å². The fourth-order valence-electron chi connectivity index (χ4n) is 1.52. The first-order valence-corrected chi connectivity index (χ1v) is 5.93. The summed E-state index contributed by atoms with van der Waals surface area (Å²) >= 11 is 0. The molecule has 0 aromatic rings. The van der Waals surface area contributed by atoms with E-state index in [1.165, 1.54) is 0 Å². The summed E-state index contributed by atoms with van der Waals surface area (Å²) in [6, 6.07) is -0.970. The highest BCUT2D eigenvalue weighted by Gasteiger charge is 2.25. The number of rotatable bonds is 5. The van der Waals surface area contributed by atoms with E-state index in [0.29, 0.717) is 6.04 Å². The largest absolute Gasteiger partial charge is 0.481 e. The zero-order valence-electron chi connectivity index (χ0n) is 10.7. The number of hydrogen-bond donors (Lipinski definition) is 5. The lowest BCUT2D eigenvalue weighted by Gasteiger charge is -2.03. The van der Waals surface area contributed by atoms with Crippen LogP contribution in [0.5, 0.6) is 0 Å². The number of carboxylic acids is 3. The van der Waals surface area contributed by atoms with E-state index in [1.807, 2.05) is 6.92 Å². The van der Waals surface area contributed by atoms with Gasteiger partial charge in [-0.2, -0.15) is 0 Å². The number of nitrogens with one attached hydrogen (secondary N) is 1. The van der Waals surface area contributed by atoms with Crippen molar-refractivity contribution in [3.8, 4) is 0 Å². The Kier molecular flexibility index (Phi) is 7.69. The van der Waals surface area contributed by atoms with Gasteiger partial charge in [0.2, 0.25) is 0 Å². The maximum absolute atomic E-state index is 10.3. The first-order valence-electron chi connectivity index (χ1n) is 5.93. The normalized spacial score (nSPS) is 23.1. The van der Waals surface area contributed by atoms with E-state index in [0.717, 1.165) is 12.8 Å². The number of hydrogen-bond acceptors (Lipinski definition) is 5. The van der Waals surface area contributed by atoms with E-state index >= 15 is 0 Å². The van der Waals surface area contributed by atoms with Crippen LogP contribution < -0.4 is 11.1 Å². The van der Waals surface area contributed by atoms with E-state index in [-0.39, 0.29) is 18.9 Å². The highest BCUT2D eigenvalue weighted by atomic mass is 16.4. The third-order valence-corrected chi connectivity index (χ3v) is 2.66. The van der Waals surface area contributed by atoms with Crippen LogP contribution in [0.25, 0.3) is 0 Å². The molecule has 0 saturated carbocycles. The van der Waals surface area contributed by atoms with Crippen LogP contribution in [0, 0.1) is 0 Å². The molecule has 1 heterocycles. The van der Waals surface area contributed by atoms with Gasteiger partial charge in [0.25, 0.3) is 0 Å². The molecule has 1 unspecified atom stereocenters. The zero-order valence-corrected chi connectivity index (χ0v) is 10.7. The van der Waals surface area contributed by atoms with Gasteiger partial charge in [-0.1, -0.05) is 0 Å². The maximum atomic E-state index is 10.3. The maximum Gasteiger partial charge on any atom is 0.320 e. The lowest BCUT2D eigenvalue weighted by atomic mass is 10.2. The van der Waals surface area contributed by atoms with Crippen LogP contribution in [0.4, 0.5) is 0 Å². The van der Waals surface area contributed by atoms with E-state index in [4.69, 9.17) is 21.1 Å². The molecule has 1 fully saturated rings. The molecular weight excluding hydrogens is 256 g/mol. The zero-order chi connectivity index (χ0) is 15.0. The van der Waals surface area contributed by atoms with Crippen LogP contribution in [0.2, 0.25) is 0 Å². The van der Waals surface area contributed by atoms with Gasteiger partial charge in [0, 0.05) is 12.5 Å². The Hall–Kier alpha value is -1.67. The summed E-state index contributed by atoms with van der Waals surface area (Å²) in [5.74, 6) is -2.92. The standard InChI is InChI=1S/C6H11NO2.C5H9NO4/c1-4-2-3-5(7-4)6(8)9;6-3(5(9)10)1-2-4(7)8/h4-5,7H,2-3H2,1H3,(H,8,9);3H,1-2,6H2,(H,7,8)(H,9,10)/t4-,5?;3-/m10/s1. The smallest absolute Gasteiger partial charge is 0.320 e. The fourth-order valence-corrected chi connectivity index (χ4v) is 1.52. The molecule has 0 radical (unpaired) electrons. The molecule has 1 saturated heterocycles. The molecule has 0 aromatic carbocycles. The molecule has 6 N–H and O–H groups in total. The Morgan fingerprint density at radius 1 is 1.26 bits per heavy atom. The number of nitrogens with two attached hydrogens (primary N) is 1. The van der Waals surface area contributed by atoms with Crippen molar-refractivity contribution in [1.29, 1.82) is 0 Å². The predicted molar refractivity (Wildman–Crippen MR) is 65.7 cm³/mol. The average molecular weight is 276 g/mol. The van der Waals surface area contributed by atoms with Crippen LogP contribution in [0.3, 0.4) is 0 Å². The second-order valence-electron chi connectivity index (χ2n) is 4.41. The Morgan fingerprint density at radius 2 is 1.84 bits per heavy atom. The van der Waals surface area contributed by atoms with Crippen LogP contribution in [-0.4, -0.2) is 51.4 Å². The van der Waals surface area contributed by atoms with E-state index < -0.39 is 23.9 Å². The van der Waals surface area contributed by atoms with Gasteiger partial charge < -0.3 is 26.4 Å². The van der Waals surface area contributed by atoms with Crippen LogP contribution in [0.1, 0.15) is 32.6 Å². The molecule has 19 heavy (non-hydrogen) atoms. The lowest BCUT2D eigenvalue weighted by molar-refractivity contribution is -0.140. The molecule has 8 heteroatoms. The summed E-state index contributed by atoms with van der Waals surface area (Å²) < 4.78 is 0. The number of aliphatic carboxylic acids is 3. The molecule has 0 aromatic heterocycles. The van der Waals surface area contributed by atoms with Crippen LogP contribution >= 0.6 is 0 Å². The second-order valence-corrected chi connectivity index (χ2v) is 4.41. The van der Waals surface area contributed by atoms with Crippen molar-refractivity contribution < 1.29 is 29.7 Å². The van der Waals surface area contributed by atoms with Gasteiger partial charge in [-0.25, -0.2) is 0 Å². The Labute approximate surface area is 110 Å². The van der Waals surface area contributed by atoms with Crippen molar-refractivity contribution in [2.24, 2.45) is 5.73 Å². The summed E-state index contributed by atoms with van der Waals surface area (Å²) in [7, 11) is 0. The summed E-state index contributed by atoms with van der Waals surface area (Å²) in [5.41, 5.74) is 5.00. The quantitative estimate of drug-likeness (QED) is 0.450. The van der Waals surface area contributed by atoms with Gasteiger partial charge in [-0.15, -0.1) is 0 Å². The monoisotopic (exact) mass is 276 g/mol. The molecule has 0 bridgehead atoms. The Balaban J connectivity index is 0.000000342. The highest BCUT2D eigenvalue weighted by molar-refractivity contribution is 5.74. The van der Waals surface area contributed by atoms with Crippen molar-refractivity contribution in [2.75, 3.05) is 0 Å². The first kappa shape index (κ1) is 17.3. The SMILES string of the molecule is C[C@@H]1CCC(C(=O)O)N1.N[C@@H](CCC(=O)O)C(=O)O. The highest BCUT2D eigenvalue weighted by Crippen LogP contribution is 2.10. The molecule has 1 rings (SSSR count). The van der Waals surface area contributed by atoms with Crippen molar-refractivity contribution in [1.82, 2.24) is 5.32 Å². The first-order chi connectivity index (χ1) is 8.73. The van der Waals surface area contributed by atoms with E-state index in [2.05, 4.69) is 5.32 Å². The van der Waals surface area contributed by atoms with Crippen molar-refractivity contribution in [3.05, 3.63) is 0 Å². The van der Waals surface area contributed by atoms with Gasteiger partial charge >= 0.3 is 17.9 Å². The van der Waals surface area contributed by atoms with Crippen LogP contribution in [0.15, 0.2) is 0 Å². The summed E-state index contributed by atoms with van der Waals surface area (Å²) in [4.78, 5) is 30.2. The topological polar surface area (TPSA) is 150 Å². The molecular formula is C11H20N2O6. The third-order valence-electron chi connectivity index (χ3n) is 2.66. The lowest BCUT2D eigenvalue weighted by Crippen LogP contribution is -2.33. The molecule has 1 aliphatic rings.